The summed E-state index contributed by atoms with van der Waals surface area (Å²) < 4.78 is 40.0. The van der Waals surface area contributed by atoms with Crippen molar-refractivity contribution in [3.05, 3.63) is 66.5 Å². The van der Waals surface area contributed by atoms with Gasteiger partial charge in [-0.05, 0) is 48.9 Å². The number of H-pyrrole nitrogens is 1. The summed E-state index contributed by atoms with van der Waals surface area (Å²) in [6.45, 7) is 4.89. The van der Waals surface area contributed by atoms with E-state index in [-0.39, 0.29) is 4.90 Å². The maximum atomic E-state index is 13.1. The van der Waals surface area contributed by atoms with Crippen molar-refractivity contribution >= 4 is 32.4 Å². The summed E-state index contributed by atoms with van der Waals surface area (Å²) in [6.07, 6.45) is 3.68. The topological polar surface area (TPSA) is 96.6 Å². The van der Waals surface area contributed by atoms with Gasteiger partial charge in [-0.15, -0.1) is 0 Å². The van der Waals surface area contributed by atoms with Crippen molar-refractivity contribution in [3.8, 4) is 16.9 Å². The molecule has 8 nitrogen and oxygen atoms in total. The third-order valence-corrected chi connectivity index (χ3v) is 7.30. The Balaban J connectivity index is 1.55. The van der Waals surface area contributed by atoms with E-state index in [0.717, 1.165) is 40.9 Å². The van der Waals surface area contributed by atoms with Gasteiger partial charge in [-0.2, -0.15) is 0 Å². The number of nitrogens with zero attached hydrogens (tertiary/aromatic N) is 2. The molecule has 4 aromatic rings. The van der Waals surface area contributed by atoms with Gasteiger partial charge in [0.05, 0.1) is 30.9 Å². The number of aryl methyl sites for hydroxylation is 1. The summed E-state index contributed by atoms with van der Waals surface area (Å²) >= 11 is 0. The van der Waals surface area contributed by atoms with Crippen LogP contribution in [0, 0.1) is 6.92 Å². The standard InChI is InChI=1S/C25H26N4O4S/c1-17-4-3-5-19(12-17)28-34(30,31)20-6-7-24(32-2)21(14-20)18-13-22-23(16-27-25(22)26-15-18)29-8-10-33-11-9-29/h3-7,12-16,28H,8-11H2,1-2H3,(H,26,27). The highest BCUT2D eigenvalue weighted by Gasteiger charge is 2.20. The van der Waals surface area contributed by atoms with Gasteiger partial charge in [0.15, 0.2) is 0 Å². The molecule has 1 fully saturated rings. The average Bonchev–Trinajstić information content (AvgIpc) is 3.27. The predicted octanol–water partition coefficient (Wildman–Crippen LogP) is 4.18. The van der Waals surface area contributed by atoms with Crippen molar-refractivity contribution in [3.63, 3.8) is 0 Å². The van der Waals surface area contributed by atoms with E-state index in [9.17, 15) is 8.42 Å². The molecule has 1 aliphatic heterocycles. The molecule has 2 aromatic heterocycles. The molecule has 1 saturated heterocycles. The molecule has 0 radical (unpaired) electrons. The number of methoxy groups -OCH3 is 1. The van der Waals surface area contributed by atoms with Gasteiger partial charge in [0.1, 0.15) is 11.4 Å². The van der Waals surface area contributed by atoms with Gasteiger partial charge in [0.25, 0.3) is 10.0 Å². The number of aromatic nitrogens is 2. The second-order valence-electron chi connectivity index (χ2n) is 8.23. The zero-order chi connectivity index (χ0) is 23.7. The Hall–Kier alpha value is -3.56. The summed E-state index contributed by atoms with van der Waals surface area (Å²) in [4.78, 5) is 10.2. The number of rotatable bonds is 6. The Bertz CT molecular complexity index is 1440. The first-order valence-corrected chi connectivity index (χ1v) is 12.5. The molecule has 0 unspecified atom stereocenters. The maximum Gasteiger partial charge on any atom is 0.261 e. The van der Waals surface area contributed by atoms with Crippen LogP contribution >= 0.6 is 0 Å². The van der Waals surface area contributed by atoms with Gasteiger partial charge in [0.2, 0.25) is 0 Å². The van der Waals surface area contributed by atoms with E-state index in [1.54, 1.807) is 43.6 Å². The SMILES string of the molecule is COc1ccc(S(=O)(=O)Nc2cccc(C)c2)cc1-c1cnc2[nH]cc(N3CCOCC3)c2c1. The van der Waals surface area contributed by atoms with E-state index in [4.69, 9.17) is 9.47 Å². The highest BCUT2D eigenvalue weighted by molar-refractivity contribution is 7.92. The quantitative estimate of drug-likeness (QED) is 0.432. The number of benzene rings is 2. The Morgan fingerprint density at radius 1 is 1.12 bits per heavy atom. The normalized spacial score (nSPS) is 14.4. The molecule has 2 aromatic carbocycles. The summed E-state index contributed by atoms with van der Waals surface area (Å²) in [5.41, 5.74) is 4.73. The van der Waals surface area contributed by atoms with E-state index in [2.05, 4.69) is 19.6 Å². The minimum absolute atomic E-state index is 0.146. The molecule has 0 saturated carbocycles. The molecule has 0 aliphatic carbocycles. The second-order valence-corrected chi connectivity index (χ2v) is 9.91. The third kappa shape index (κ3) is 4.32. The summed E-state index contributed by atoms with van der Waals surface area (Å²) in [7, 11) is -2.23. The molecule has 5 rings (SSSR count). The van der Waals surface area contributed by atoms with E-state index in [1.165, 1.54) is 0 Å². The van der Waals surface area contributed by atoms with Gasteiger partial charge in [-0.1, -0.05) is 12.1 Å². The molecule has 0 spiro atoms. The van der Waals surface area contributed by atoms with Crippen LogP contribution in [-0.2, 0) is 14.8 Å². The summed E-state index contributed by atoms with van der Waals surface area (Å²) in [5.74, 6) is 0.569. The fourth-order valence-electron chi connectivity index (χ4n) is 4.21. The molecule has 1 aliphatic rings. The highest BCUT2D eigenvalue weighted by Crippen LogP contribution is 2.36. The van der Waals surface area contributed by atoms with Gasteiger partial charge >= 0.3 is 0 Å². The number of aromatic amines is 1. The molecule has 176 valence electrons. The molecule has 34 heavy (non-hydrogen) atoms. The molecule has 0 amide bonds. The number of ether oxygens (including phenoxy) is 2. The number of sulfonamides is 1. The van der Waals surface area contributed by atoms with Crippen molar-refractivity contribution in [2.75, 3.05) is 43.0 Å². The minimum atomic E-state index is -3.80. The Labute approximate surface area is 198 Å². The number of pyridine rings is 1. The lowest BCUT2D eigenvalue weighted by Gasteiger charge is -2.28. The second kappa shape index (κ2) is 9.00. The number of anilines is 2. The van der Waals surface area contributed by atoms with Gasteiger partial charge in [0, 0.05) is 47.7 Å². The fraction of sp³-hybridized carbons (Fsp3) is 0.240. The van der Waals surface area contributed by atoms with E-state index in [1.807, 2.05) is 31.3 Å². The van der Waals surface area contributed by atoms with E-state index < -0.39 is 10.0 Å². The monoisotopic (exact) mass is 478 g/mol. The highest BCUT2D eigenvalue weighted by atomic mass is 32.2. The summed E-state index contributed by atoms with van der Waals surface area (Å²) in [5, 5.41) is 0.965. The number of fused-ring (bicyclic) bond motifs is 1. The van der Waals surface area contributed by atoms with E-state index >= 15 is 0 Å². The Morgan fingerprint density at radius 2 is 1.94 bits per heavy atom. The Morgan fingerprint density at radius 3 is 2.71 bits per heavy atom. The Kier molecular flexibility index (Phi) is 5.89. The van der Waals surface area contributed by atoms with Crippen molar-refractivity contribution in [2.45, 2.75) is 11.8 Å². The third-order valence-electron chi connectivity index (χ3n) is 5.92. The molecule has 9 heteroatoms. The molecule has 3 heterocycles. The van der Waals surface area contributed by atoms with Crippen LogP contribution in [0.4, 0.5) is 11.4 Å². The summed E-state index contributed by atoms with van der Waals surface area (Å²) in [6, 6.07) is 14.1. The molecule has 2 N–H and O–H groups in total. The van der Waals surface area contributed by atoms with Crippen LogP contribution in [0.5, 0.6) is 5.75 Å². The van der Waals surface area contributed by atoms with Crippen LogP contribution in [0.3, 0.4) is 0 Å². The first-order valence-electron chi connectivity index (χ1n) is 11.0. The van der Waals surface area contributed by atoms with Crippen molar-refractivity contribution < 1.29 is 17.9 Å². The lowest BCUT2D eigenvalue weighted by atomic mass is 10.1. The minimum Gasteiger partial charge on any atom is -0.496 e. The lowest BCUT2D eigenvalue weighted by molar-refractivity contribution is 0.123. The van der Waals surface area contributed by atoms with Crippen LogP contribution in [0.2, 0.25) is 0 Å². The zero-order valence-electron chi connectivity index (χ0n) is 19.0. The van der Waals surface area contributed by atoms with Crippen LogP contribution < -0.4 is 14.4 Å². The van der Waals surface area contributed by atoms with Gasteiger partial charge in [-0.3, -0.25) is 4.72 Å². The molecule has 0 bridgehead atoms. The van der Waals surface area contributed by atoms with Crippen LogP contribution in [0.25, 0.3) is 22.2 Å². The van der Waals surface area contributed by atoms with Crippen molar-refractivity contribution in [1.82, 2.24) is 9.97 Å². The number of nitrogens with one attached hydrogen (secondary N) is 2. The lowest BCUT2D eigenvalue weighted by Crippen LogP contribution is -2.36. The molecular weight excluding hydrogens is 452 g/mol. The largest absolute Gasteiger partial charge is 0.496 e. The smallest absolute Gasteiger partial charge is 0.261 e. The average molecular weight is 479 g/mol. The van der Waals surface area contributed by atoms with Gasteiger partial charge < -0.3 is 19.4 Å². The van der Waals surface area contributed by atoms with Crippen molar-refractivity contribution in [2.24, 2.45) is 0 Å². The number of hydrogen-bond acceptors (Lipinski definition) is 6. The molecular formula is C25H26N4O4S. The fourth-order valence-corrected chi connectivity index (χ4v) is 5.28. The molecule has 0 atom stereocenters. The van der Waals surface area contributed by atoms with Crippen LogP contribution in [0.15, 0.2) is 65.8 Å². The first-order chi connectivity index (χ1) is 16.4. The zero-order valence-corrected chi connectivity index (χ0v) is 19.9. The van der Waals surface area contributed by atoms with Gasteiger partial charge in [-0.25, -0.2) is 13.4 Å². The number of morpholine rings is 1. The first kappa shape index (κ1) is 22.2. The number of hydrogen-bond donors (Lipinski definition) is 2. The van der Waals surface area contributed by atoms with E-state index in [0.29, 0.717) is 30.2 Å². The predicted molar refractivity (Wildman–Crippen MR) is 133 cm³/mol. The maximum absolute atomic E-state index is 13.1. The van der Waals surface area contributed by atoms with Crippen LogP contribution in [-0.4, -0.2) is 51.8 Å². The van der Waals surface area contributed by atoms with Crippen LogP contribution in [0.1, 0.15) is 5.56 Å². The van der Waals surface area contributed by atoms with Crippen molar-refractivity contribution in [1.29, 1.82) is 0 Å².